The number of hydrogen-bond donors (Lipinski definition) is 1. The van der Waals surface area contributed by atoms with Crippen LogP contribution in [0, 0.1) is 28.9 Å². The third-order valence-electron chi connectivity index (χ3n) is 1.85. The van der Waals surface area contributed by atoms with Crippen LogP contribution in [0.5, 0.6) is 0 Å². The summed E-state index contributed by atoms with van der Waals surface area (Å²) in [6.45, 7) is 1.64. The van der Waals surface area contributed by atoms with E-state index in [2.05, 4.69) is 11.8 Å². The molecule has 1 rings (SSSR count). The van der Waals surface area contributed by atoms with Crippen molar-refractivity contribution in [2.24, 2.45) is 0 Å². The van der Waals surface area contributed by atoms with Gasteiger partial charge < -0.3 is 5.73 Å². The number of nitrogen functional groups attached to an aromatic ring is 1. The molecule has 4 nitrogen and oxygen atoms in total. The topological polar surface area (TPSA) is 69.2 Å². The Hall–Kier alpha value is -1.73. The quantitative estimate of drug-likeness (QED) is 0.261. The van der Waals surface area contributed by atoms with Gasteiger partial charge in [0, 0.05) is 17.2 Å². The minimum Gasteiger partial charge on any atom is -0.398 e. The number of anilines is 1. The number of nitrogens with zero attached hydrogens (tertiary/aromatic N) is 1. The standard InChI is InChI=1S/C10H9ClN2O2/c1-7-5-8(3-2-4-11)9(12)6-10(7)13(14)15/h5-6H,4,12H2,1H3. The molecule has 0 bridgehead atoms. The van der Waals surface area contributed by atoms with Crippen LogP contribution in [0.1, 0.15) is 11.1 Å². The molecule has 0 amide bonds. The Bertz CT molecular complexity index is 460. The van der Waals surface area contributed by atoms with E-state index in [9.17, 15) is 10.1 Å². The molecular weight excluding hydrogens is 216 g/mol. The number of nitro groups is 1. The van der Waals surface area contributed by atoms with E-state index in [0.29, 0.717) is 16.8 Å². The van der Waals surface area contributed by atoms with Gasteiger partial charge in [0.2, 0.25) is 0 Å². The summed E-state index contributed by atoms with van der Waals surface area (Å²) in [6.07, 6.45) is 0. The largest absolute Gasteiger partial charge is 0.398 e. The summed E-state index contributed by atoms with van der Waals surface area (Å²) in [5.41, 5.74) is 7.02. The normalized spacial score (nSPS) is 9.20. The first-order chi connectivity index (χ1) is 7.06. The number of nitrogens with two attached hydrogens (primary N) is 1. The van der Waals surface area contributed by atoms with Crippen LogP contribution in [0.15, 0.2) is 12.1 Å². The molecule has 0 unspecified atom stereocenters. The highest BCUT2D eigenvalue weighted by molar-refractivity contribution is 6.19. The summed E-state index contributed by atoms with van der Waals surface area (Å²) in [5.74, 6) is 5.59. The molecular formula is C10H9ClN2O2. The third kappa shape index (κ3) is 2.61. The van der Waals surface area contributed by atoms with Gasteiger partial charge >= 0.3 is 0 Å². The second kappa shape index (κ2) is 4.67. The average molecular weight is 225 g/mol. The van der Waals surface area contributed by atoms with Crippen molar-refractivity contribution in [1.29, 1.82) is 0 Å². The first kappa shape index (κ1) is 11.3. The van der Waals surface area contributed by atoms with Gasteiger partial charge in [0.1, 0.15) is 0 Å². The lowest BCUT2D eigenvalue weighted by Crippen LogP contribution is -1.97. The van der Waals surface area contributed by atoms with Crippen LogP contribution in [-0.2, 0) is 0 Å². The summed E-state index contributed by atoms with van der Waals surface area (Å²) < 4.78 is 0. The number of rotatable bonds is 1. The molecule has 0 saturated carbocycles. The van der Waals surface area contributed by atoms with Gasteiger partial charge in [-0.3, -0.25) is 10.1 Å². The number of hydrogen-bond acceptors (Lipinski definition) is 3. The third-order valence-corrected chi connectivity index (χ3v) is 1.99. The fourth-order valence-corrected chi connectivity index (χ4v) is 1.21. The first-order valence-corrected chi connectivity index (χ1v) is 4.69. The van der Waals surface area contributed by atoms with Crippen molar-refractivity contribution in [2.45, 2.75) is 6.92 Å². The summed E-state index contributed by atoms with van der Waals surface area (Å²) in [4.78, 5) is 10.1. The predicted molar refractivity (Wildman–Crippen MR) is 59.8 cm³/mol. The Labute approximate surface area is 92.2 Å². The molecule has 0 saturated heterocycles. The number of nitro benzene ring substituents is 1. The van der Waals surface area contributed by atoms with Crippen molar-refractivity contribution in [2.75, 3.05) is 11.6 Å². The summed E-state index contributed by atoms with van der Waals surface area (Å²) in [6, 6.07) is 2.90. The zero-order valence-electron chi connectivity index (χ0n) is 8.08. The summed E-state index contributed by atoms with van der Waals surface area (Å²) in [7, 11) is 0. The molecule has 0 heterocycles. The van der Waals surface area contributed by atoms with E-state index >= 15 is 0 Å². The van der Waals surface area contributed by atoms with Crippen molar-refractivity contribution < 1.29 is 4.92 Å². The Morgan fingerprint density at radius 2 is 2.27 bits per heavy atom. The molecule has 78 valence electrons. The number of halogens is 1. The zero-order valence-corrected chi connectivity index (χ0v) is 8.84. The maximum atomic E-state index is 10.6. The van der Waals surface area contributed by atoms with Crippen LogP contribution in [0.4, 0.5) is 11.4 Å². The highest BCUT2D eigenvalue weighted by Crippen LogP contribution is 2.23. The number of benzene rings is 1. The Morgan fingerprint density at radius 1 is 1.60 bits per heavy atom. The van der Waals surface area contributed by atoms with Gasteiger partial charge in [-0.1, -0.05) is 11.8 Å². The van der Waals surface area contributed by atoms with Crippen LogP contribution >= 0.6 is 11.6 Å². The maximum Gasteiger partial charge on any atom is 0.274 e. The van der Waals surface area contributed by atoms with Gasteiger partial charge in [-0.2, -0.15) is 0 Å². The Morgan fingerprint density at radius 3 is 2.80 bits per heavy atom. The second-order valence-corrected chi connectivity index (χ2v) is 3.19. The van der Waals surface area contributed by atoms with Gasteiger partial charge in [0.15, 0.2) is 0 Å². The lowest BCUT2D eigenvalue weighted by molar-refractivity contribution is -0.385. The SMILES string of the molecule is Cc1cc(C#CCCl)c(N)cc1[N+](=O)[O-]. The lowest BCUT2D eigenvalue weighted by Gasteiger charge is -2.01. The van der Waals surface area contributed by atoms with E-state index in [1.807, 2.05) is 0 Å². The van der Waals surface area contributed by atoms with Crippen molar-refractivity contribution in [1.82, 2.24) is 0 Å². The van der Waals surface area contributed by atoms with E-state index in [1.165, 1.54) is 6.07 Å². The van der Waals surface area contributed by atoms with Crippen LogP contribution in [0.25, 0.3) is 0 Å². The fourth-order valence-electron chi connectivity index (χ4n) is 1.15. The van der Waals surface area contributed by atoms with Gasteiger partial charge in [-0.15, -0.1) is 11.6 Å². The molecule has 0 aromatic heterocycles. The van der Waals surface area contributed by atoms with Crippen molar-refractivity contribution in [3.63, 3.8) is 0 Å². The van der Waals surface area contributed by atoms with Gasteiger partial charge in [-0.05, 0) is 13.0 Å². The maximum absolute atomic E-state index is 10.6. The molecule has 0 aliphatic rings. The van der Waals surface area contributed by atoms with E-state index in [0.717, 1.165) is 0 Å². The molecule has 15 heavy (non-hydrogen) atoms. The number of aryl methyl sites for hydroxylation is 1. The highest BCUT2D eigenvalue weighted by Gasteiger charge is 2.12. The zero-order chi connectivity index (χ0) is 11.4. The molecule has 0 atom stereocenters. The molecule has 2 N–H and O–H groups in total. The summed E-state index contributed by atoms with van der Waals surface area (Å²) >= 11 is 5.40. The van der Waals surface area contributed by atoms with Crippen LogP contribution < -0.4 is 5.73 Å². The van der Waals surface area contributed by atoms with E-state index in [1.54, 1.807) is 13.0 Å². The molecule has 1 aromatic rings. The van der Waals surface area contributed by atoms with E-state index in [-0.39, 0.29) is 11.6 Å². The fraction of sp³-hybridized carbons (Fsp3) is 0.200. The second-order valence-electron chi connectivity index (χ2n) is 2.92. The Kier molecular flexibility index (Phi) is 3.53. The van der Waals surface area contributed by atoms with Gasteiger partial charge in [-0.25, -0.2) is 0 Å². The minimum absolute atomic E-state index is 0.00363. The van der Waals surface area contributed by atoms with Gasteiger partial charge in [0.05, 0.1) is 16.5 Å². The van der Waals surface area contributed by atoms with Crippen molar-refractivity contribution in [3.8, 4) is 11.8 Å². The lowest BCUT2D eigenvalue weighted by atomic mass is 10.1. The molecule has 1 aromatic carbocycles. The monoisotopic (exact) mass is 224 g/mol. The average Bonchev–Trinajstić information content (AvgIpc) is 2.18. The van der Waals surface area contributed by atoms with Crippen LogP contribution in [-0.4, -0.2) is 10.8 Å². The van der Waals surface area contributed by atoms with Crippen LogP contribution in [0.3, 0.4) is 0 Å². The first-order valence-electron chi connectivity index (χ1n) is 4.15. The van der Waals surface area contributed by atoms with Crippen LogP contribution in [0.2, 0.25) is 0 Å². The van der Waals surface area contributed by atoms with Crippen molar-refractivity contribution in [3.05, 3.63) is 33.4 Å². The molecule has 0 aliphatic heterocycles. The van der Waals surface area contributed by atoms with Crippen molar-refractivity contribution >= 4 is 23.0 Å². The molecule has 5 heteroatoms. The number of alkyl halides is 1. The molecule has 0 aliphatic carbocycles. The Balaban J connectivity index is 3.25. The molecule has 0 radical (unpaired) electrons. The smallest absolute Gasteiger partial charge is 0.274 e. The predicted octanol–water partition coefficient (Wildman–Crippen LogP) is 2.08. The molecule has 0 spiro atoms. The highest BCUT2D eigenvalue weighted by atomic mass is 35.5. The van der Waals surface area contributed by atoms with Gasteiger partial charge in [0.25, 0.3) is 5.69 Å². The minimum atomic E-state index is -0.468. The summed E-state index contributed by atoms with van der Waals surface area (Å²) in [5, 5.41) is 10.6. The van der Waals surface area contributed by atoms with E-state index in [4.69, 9.17) is 17.3 Å². The van der Waals surface area contributed by atoms with E-state index < -0.39 is 4.92 Å². The molecule has 0 fully saturated rings.